The third kappa shape index (κ3) is 2.21. The first kappa shape index (κ1) is 9.09. The largest absolute Gasteiger partial charge is 0.0654 e. The van der Waals surface area contributed by atoms with Crippen LogP contribution in [0.2, 0.25) is 0 Å². The molecule has 0 aromatic heterocycles. The van der Waals surface area contributed by atoms with Crippen molar-refractivity contribution in [3.63, 3.8) is 0 Å². The van der Waals surface area contributed by atoms with Crippen molar-refractivity contribution in [2.24, 2.45) is 11.3 Å². The summed E-state index contributed by atoms with van der Waals surface area (Å²) >= 11 is 0. The van der Waals surface area contributed by atoms with Gasteiger partial charge in [-0.2, -0.15) is 0 Å². The average molecular weight is 154 g/mol. The highest BCUT2D eigenvalue weighted by Gasteiger charge is 2.37. The van der Waals surface area contributed by atoms with Crippen molar-refractivity contribution >= 4 is 0 Å². The SMILES string of the molecule is CCCCCC1CCC1(C)C. The average Bonchev–Trinajstić information content (AvgIpc) is 1.96. The van der Waals surface area contributed by atoms with E-state index in [9.17, 15) is 0 Å². The minimum atomic E-state index is 0.688. The van der Waals surface area contributed by atoms with Crippen LogP contribution < -0.4 is 0 Å². The van der Waals surface area contributed by atoms with Crippen LogP contribution in [0.4, 0.5) is 0 Å². The molecule has 0 radical (unpaired) electrons. The molecule has 0 heteroatoms. The molecule has 1 rings (SSSR count). The van der Waals surface area contributed by atoms with Gasteiger partial charge in [0.15, 0.2) is 0 Å². The Morgan fingerprint density at radius 1 is 1.27 bits per heavy atom. The highest BCUT2D eigenvalue weighted by molar-refractivity contribution is 4.87. The van der Waals surface area contributed by atoms with Gasteiger partial charge in [0.05, 0.1) is 0 Å². The molecule has 0 heterocycles. The summed E-state index contributed by atoms with van der Waals surface area (Å²) in [6.45, 7) is 7.13. The zero-order valence-corrected chi connectivity index (χ0v) is 8.32. The summed E-state index contributed by atoms with van der Waals surface area (Å²) in [5, 5.41) is 0. The third-order valence-corrected chi connectivity index (χ3v) is 3.40. The molecular weight excluding hydrogens is 132 g/mol. The molecule has 1 saturated carbocycles. The Morgan fingerprint density at radius 2 is 2.00 bits per heavy atom. The second-order valence-electron chi connectivity index (χ2n) is 4.72. The minimum Gasteiger partial charge on any atom is -0.0654 e. The molecule has 0 N–H and O–H groups in total. The van der Waals surface area contributed by atoms with Gasteiger partial charge in [-0.15, -0.1) is 0 Å². The van der Waals surface area contributed by atoms with Gasteiger partial charge < -0.3 is 0 Å². The summed E-state index contributed by atoms with van der Waals surface area (Å²) in [6.07, 6.45) is 8.71. The number of hydrogen-bond acceptors (Lipinski definition) is 0. The lowest BCUT2D eigenvalue weighted by Crippen LogP contribution is -2.34. The van der Waals surface area contributed by atoms with Crippen LogP contribution in [-0.2, 0) is 0 Å². The van der Waals surface area contributed by atoms with Gasteiger partial charge in [-0.25, -0.2) is 0 Å². The van der Waals surface area contributed by atoms with Gasteiger partial charge >= 0.3 is 0 Å². The maximum Gasteiger partial charge on any atom is -0.0326 e. The van der Waals surface area contributed by atoms with E-state index in [-0.39, 0.29) is 0 Å². The molecule has 0 saturated heterocycles. The summed E-state index contributed by atoms with van der Waals surface area (Å²) in [7, 11) is 0. The molecule has 0 nitrogen and oxygen atoms in total. The molecule has 11 heavy (non-hydrogen) atoms. The van der Waals surface area contributed by atoms with Gasteiger partial charge in [0.25, 0.3) is 0 Å². The fourth-order valence-corrected chi connectivity index (χ4v) is 2.10. The Morgan fingerprint density at radius 3 is 2.36 bits per heavy atom. The molecule has 0 bridgehead atoms. The molecule has 1 aliphatic rings. The van der Waals surface area contributed by atoms with Crippen molar-refractivity contribution < 1.29 is 0 Å². The standard InChI is InChI=1S/C11H22/c1-4-5-6-7-10-8-9-11(10,2)3/h10H,4-9H2,1-3H3. The van der Waals surface area contributed by atoms with E-state index in [0.717, 1.165) is 5.92 Å². The lowest BCUT2D eigenvalue weighted by Gasteiger charge is -2.45. The fraction of sp³-hybridized carbons (Fsp3) is 1.00. The van der Waals surface area contributed by atoms with Crippen LogP contribution in [-0.4, -0.2) is 0 Å². The van der Waals surface area contributed by atoms with E-state index < -0.39 is 0 Å². The van der Waals surface area contributed by atoms with Crippen LogP contribution in [0.3, 0.4) is 0 Å². The molecular formula is C11H22. The molecule has 0 spiro atoms. The Balaban J connectivity index is 2.08. The van der Waals surface area contributed by atoms with Crippen molar-refractivity contribution in [3.05, 3.63) is 0 Å². The fourth-order valence-electron chi connectivity index (χ4n) is 2.10. The molecule has 0 amide bonds. The first-order valence-corrected chi connectivity index (χ1v) is 5.17. The first-order chi connectivity index (χ1) is 5.17. The first-order valence-electron chi connectivity index (χ1n) is 5.17. The maximum absolute atomic E-state index is 2.42. The summed E-state index contributed by atoms with van der Waals surface area (Å²) in [4.78, 5) is 0. The monoisotopic (exact) mass is 154 g/mol. The predicted molar refractivity (Wildman–Crippen MR) is 50.6 cm³/mol. The van der Waals surface area contributed by atoms with E-state index in [1.54, 1.807) is 0 Å². The maximum atomic E-state index is 2.42. The number of hydrogen-bond donors (Lipinski definition) is 0. The Bertz CT molecular complexity index is 113. The molecule has 66 valence electrons. The highest BCUT2D eigenvalue weighted by Crippen LogP contribution is 2.48. The normalized spacial score (nSPS) is 28.1. The summed E-state index contributed by atoms with van der Waals surface area (Å²) in [5.41, 5.74) is 0.688. The van der Waals surface area contributed by atoms with Crippen LogP contribution in [0, 0.1) is 11.3 Å². The van der Waals surface area contributed by atoms with Crippen molar-refractivity contribution in [1.82, 2.24) is 0 Å². The van der Waals surface area contributed by atoms with Crippen molar-refractivity contribution in [2.75, 3.05) is 0 Å². The smallest absolute Gasteiger partial charge is 0.0326 e. The van der Waals surface area contributed by atoms with Crippen LogP contribution in [0.5, 0.6) is 0 Å². The third-order valence-electron chi connectivity index (χ3n) is 3.40. The number of rotatable bonds is 4. The Kier molecular flexibility index (Phi) is 2.98. The van der Waals surface area contributed by atoms with E-state index in [4.69, 9.17) is 0 Å². The molecule has 1 fully saturated rings. The molecule has 1 aliphatic carbocycles. The van der Waals surface area contributed by atoms with E-state index in [0.29, 0.717) is 5.41 Å². The van der Waals surface area contributed by atoms with E-state index >= 15 is 0 Å². The van der Waals surface area contributed by atoms with Crippen LogP contribution in [0.25, 0.3) is 0 Å². The quantitative estimate of drug-likeness (QED) is 0.537. The zero-order chi connectivity index (χ0) is 8.32. The lowest BCUT2D eigenvalue weighted by molar-refractivity contribution is 0.0624. The second-order valence-corrected chi connectivity index (χ2v) is 4.72. The van der Waals surface area contributed by atoms with Gasteiger partial charge in [0.2, 0.25) is 0 Å². The van der Waals surface area contributed by atoms with Crippen LogP contribution in [0.15, 0.2) is 0 Å². The van der Waals surface area contributed by atoms with Crippen molar-refractivity contribution in [2.45, 2.75) is 59.3 Å². The second kappa shape index (κ2) is 3.60. The molecule has 0 aromatic rings. The van der Waals surface area contributed by atoms with Gasteiger partial charge in [0, 0.05) is 0 Å². The number of unbranched alkanes of at least 4 members (excludes halogenated alkanes) is 2. The van der Waals surface area contributed by atoms with Gasteiger partial charge in [-0.3, -0.25) is 0 Å². The van der Waals surface area contributed by atoms with Gasteiger partial charge in [-0.05, 0) is 30.6 Å². The van der Waals surface area contributed by atoms with Crippen molar-refractivity contribution in [3.8, 4) is 0 Å². The summed E-state index contributed by atoms with van der Waals surface area (Å²) < 4.78 is 0. The Labute approximate surface area is 71.4 Å². The topological polar surface area (TPSA) is 0 Å². The highest BCUT2D eigenvalue weighted by atomic mass is 14.4. The minimum absolute atomic E-state index is 0.688. The summed E-state index contributed by atoms with van der Waals surface area (Å²) in [6, 6.07) is 0. The van der Waals surface area contributed by atoms with Crippen molar-refractivity contribution in [1.29, 1.82) is 0 Å². The van der Waals surface area contributed by atoms with Gasteiger partial charge in [-0.1, -0.05) is 40.0 Å². The summed E-state index contributed by atoms with van der Waals surface area (Å²) in [5.74, 6) is 1.05. The lowest BCUT2D eigenvalue weighted by atomic mass is 9.61. The predicted octanol–water partition coefficient (Wildman–Crippen LogP) is 4.00. The van der Waals surface area contributed by atoms with Gasteiger partial charge in [0.1, 0.15) is 0 Å². The van der Waals surface area contributed by atoms with E-state index in [1.807, 2.05) is 0 Å². The molecule has 0 aromatic carbocycles. The van der Waals surface area contributed by atoms with E-state index in [2.05, 4.69) is 20.8 Å². The van der Waals surface area contributed by atoms with E-state index in [1.165, 1.54) is 38.5 Å². The molecule has 0 aliphatic heterocycles. The molecule has 1 unspecified atom stereocenters. The molecule has 1 atom stereocenters. The zero-order valence-electron chi connectivity index (χ0n) is 8.32. The van der Waals surface area contributed by atoms with Crippen LogP contribution in [0.1, 0.15) is 59.3 Å². The van der Waals surface area contributed by atoms with Crippen LogP contribution >= 0.6 is 0 Å². The Hall–Kier alpha value is 0.